The minimum Gasteiger partial charge on any atom is -0.459 e. The summed E-state index contributed by atoms with van der Waals surface area (Å²) in [7, 11) is 0. The molecule has 0 saturated carbocycles. The first kappa shape index (κ1) is 13.4. The second kappa shape index (κ2) is 6.23. The minimum absolute atomic E-state index is 0.0526. The lowest BCUT2D eigenvalue weighted by molar-refractivity contribution is 0.0638. The largest absolute Gasteiger partial charge is 0.459 e. The van der Waals surface area contributed by atoms with E-state index in [0.29, 0.717) is 12.3 Å². The maximum atomic E-state index is 12.4. The predicted molar refractivity (Wildman–Crippen MR) is 74.8 cm³/mol. The van der Waals surface area contributed by atoms with Gasteiger partial charge in [-0.25, -0.2) is 0 Å². The van der Waals surface area contributed by atoms with Crippen LogP contribution in [0.1, 0.15) is 36.4 Å². The summed E-state index contributed by atoms with van der Waals surface area (Å²) in [4.78, 5) is 14.3. The van der Waals surface area contributed by atoms with Crippen LogP contribution >= 0.6 is 0 Å². The molecule has 19 heavy (non-hydrogen) atoms. The number of benzene rings is 1. The van der Waals surface area contributed by atoms with Gasteiger partial charge in [0.05, 0.1) is 6.26 Å². The van der Waals surface area contributed by atoms with E-state index in [4.69, 9.17) is 4.42 Å². The summed E-state index contributed by atoms with van der Waals surface area (Å²) in [6, 6.07) is 13.6. The first-order valence-electron chi connectivity index (χ1n) is 6.60. The van der Waals surface area contributed by atoms with E-state index in [0.717, 1.165) is 12.0 Å². The zero-order valence-corrected chi connectivity index (χ0v) is 11.4. The van der Waals surface area contributed by atoms with E-state index >= 15 is 0 Å². The van der Waals surface area contributed by atoms with E-state index in [2.05, 4.69) is 13.8 Å². The van der Waals surface area contributed by atoms with E-state index < -0.39 is 0 Å². The van der Waals surface area contributed by atoms with Gasteiger partial charge in [-0.05, 0) is 31.0 Å². The highest BCUT2D eigenvalue weighted by Gasteiger charge is 2.22. The van der Waals surface area contributed by atoms with Crippen molar-refractivity contribution >= 4 is 5.91 Å². The Morgan fingerprint density at radius 3 is 2.53 bits per heavy atom. The molecule has 3 nitrogen and oxygen atoms in total. The Kier molecular flexibility index (Phi) is 4.39. The van der Waals surface area contributed by atoms with Crippen LogP contribution in [0.5, 0.6) is 0 Å². The molecule has 2 rings (SSSR count). The van der Waals surface area contributed by atoms with Gasteiger partial charge < -0.3 is 9.32 Å². The van der Waals surface area contributed by atoms with Gasteiger partial charge in [0.15, 0.2) is 5.76 Å². The lowest BCUT2D eigenvalue weighted by atomic mass is 10.1. The third kappa shape index (κ3) is 3.25. The van der Waals surface area contributed by atoms with Crippen LogP contribution in [0.25, 0.3) is 0 Å². The van der Waals surface area contributed by atoms with Crippen LogP contribution in [0.3, 0.4) is 0 Å². The Labute approximate surface area is 113 Å². The minimum atomic E-state index is -0.0526. The monoisotopic (exact) mass is 257 g/mol. The second-order valence-electron chi connectivity index (χ2n) is 4.65. The molecule has 1 aromatic carbocycles. The van der Waals surface area contributed by atoms with Crippen molar-refractivity contribution in [2.75, 3.05) is 0 Å². The maximum Gasteiger partial charge on any atom is 0.290 e. The quantitative estimate of drug-likeness (QED) is 0.818. The van der Waals surface area contributed by atoms with E-state index in [1.54, 1.807) is 12.1 Å². The molecule has 0 saturated heterocycles. The van der Waals surface area contributed by atoms with E-state index in [1.807, 2.05) is 35.2 Å². The number of hydrogen-bond donors (Lipinski definition) is 0. The normalized spacial score (nSPS) is 12.1. The summed E-state index contributed by atoms with van der Waals surface area (Å²) in [5.74, 6) is 0.347. The molecular weight excluding hydrogens is 238 g/mol. The molecule has 1 atom stereocenters. The summed E-state index contributed by atoms with van der Waals surface area (Å²) in [5.41, 5.74) is 1.13. The van der Waals surface area contributed by atoms with Gasteiger partial charge in [-0.1, -0.05) is 37.3 Å². The fraction of sp³-hybridized carbons (Fsp3) is 0.312. The number of hydrogen-bond acceptors (Lipinski definition) is 2. The molecule has 0 aliphatic heterocycles. The first-order chi connectivity index (χ1) is 9.22. The van der Waals surface area contributed by atoms with Gasteiger partial charge in [-0.2, -0.15) is 0 Å². The van der Waals surface area contributed by atoms with Crippen LogP contribution < -0.4 is 0 Å². The average molecular weight is 257 g/mol. The Hall–Kier alpha value is -2.03. The van der Waals surface area contributed by atoms with Crippen LogP contribution in [0, 0.1) is 0 Å². The molecule has 1 unspecified atom stereocenters. The SMILES string of the molecule is CCC(C)N(Cc1ccccc1)C(=O)c1ccco1. The molecule has 0 aliphatic rings. The van der Waals surface area contributed by atoms with Crippen LogP contribution in [0.15, 0.2) is 53.1 Å². The van der Waals surface area contributed by atoms with Crippen molar-refractivity contribution < 1.29 is 9.21 Å². The molecule has 0 N–H and O–H groups in total. The van der Waals surface area contributed by atoms with Crippen molar-refractivity contribution in [3.63, 3.8) is 0 Å². The summed E-state index contributed by atoms with van der Waals surface area (Å²) in [6.07, 6.45) is 2.45. The van der Waals surface area contributed by atoms with Gasteiger partial charge >= 0.3 is 0 Å². The number of rotatable bonds is 5. The first-order valence-corrected chi connectivity index (χ1v) is 6.60. The van der Waals surface area contributed by atoms with Crippen molar-refractivity contribution in [3.8, 4) is 0 Å². The molecule has 0 spiro atoms. The summed E-state index contributed by atoms with van der Waals surface area (Å²) < 4.78 is 5.22. The van der Waals surface area contributed by atoms with Crippen molar-refractivity contribution in [3.05, 3.63) is 60.1 Å². The van der Waals surface area contributed by atoms with Gasteiger partial charge in [0.2, 0.25) is 0 Å². The predicted octanol–water partition coefficient (Wildman–Crippen LogP) is 3.72. The summed E-state index contributed by atoms with van der Waals surface area (Å²) >= 11 is 0. The van der Waals surface area contributed by atoms with Crippen LogP contribution in [0.2, 0.25) is 0 Å². The zero-order valence-electron chi connectivity index (χ0n) is 11.4. The molecule has 1 heterocycles. The van der Waals surface area contributed by atoms with Gasteiger partial charge in [-0.3, -0.25) is 4.79 Å². The molecule has 100 valence electrons. The third-order valence-electron chi connectivity index (χ3n) is 3.31. The Bertz CT molecular complexity index is 505. The lowest BCUT2D eigenvalue weighted by Crippen LogP contribution is -2.37. The fourth-order valence-electron chi connectivity index (χ4n) is 1.97. The highest BCUT2D eigenvalue weighted by molar-refractivity contribution is 5.91. The molecule has 2 aromatic rings. The zero-order chi connectivity index (χ0) is 13.7. The summed E-state index contributed by atoms with van der Waals surface area (Å²) in [6.45, 7) is 4.75. The molecule has 1 amide bonds. The molecule has 1 aromatic heterocycles. The number of furan rings is 1. The Morgan fingerprint density at radius 1 is 1.21 bits per heavy atom. The molecule has 0 bridgehead atoms. The lowest BCUT2D eigenvalue weighted by Gasteiger charge is -2.28. The Morgan fingerprint density at radius 2 is 1.95 bits per heavy atom. The van der Waals surface area contributed by atoms with Crippen LogP contribution in [-0.2, 0) is 6.54 Å². The second-order valence-corrected chi connectivity index (χ2v) is 4.65. The van der Waals surface area contributed by atoms with Crippen molar-refractivity contribution in [2.24, 2.45) is 0 Å². The molecular formula is C16H19NO2. The van der Waals surface area contributed by atoms with E-state index in [9.17, 15) is 4.79 Å². The highest BCUT2D eigenvalue weighted by Crippen LogP contribution is 2.15. The van der Waals surface area contributed by atoms with Crippen molar-refractivity contribution in [2.45, 2.75) is 32.9 Å². The Balaban J connectivity index is 2.19. The average Bonchev–Trinajstić information content (AvgIpc) is 2.98. The fourth-order valence-corrected chi connectivity index (χ4v) is 1.97. The number of amides is 1. The number of carbonyl (C=O) groups excluding carboxylic acids is 1. The molecule has 3 heteroatoms. The topological polar surface area (TPSA) is 33.5 Å². The van der Waals surface area contributed by atoms with Crippen LogP contribution in [0.4, 0.5) is 0 Å². The van der Waals surface area contributed by atoms with Gasteiger partial charge in [-0.15, -0.1) is 0 Å². The van der Waals surface area contributed by atoms with Gasteiger partial charge in [0, 0.05) is 12.6 Å². The third-order valence-corrected chi connectivity index (χ3v) is 3.31. The molecule has 0 fully saturated rings. The standard InChI is InChI=1S/C16H19NO2/c1-3-13(2)17(12-14-8-5-4-6-9-14)16(18)15-10-7-11-19-15/h4-11,13H,3,12H2,1-2H3. The van der Waals surface area contributed by atoms with Gasteiger partial charge in [0.25, 0.3) is 5.91 Å². The smallest absolute Gasteiger partial charge is 0.290 e. The summed E-state index contributed by atoms with van der Waals surface area (Å²) in [5, 5.41) is 0. The molecule has 0 radical (unpaired) electrons. The van der Waals surface area contributed by atoms with Crippen LogP contribution in [-0.4, -0.2) is 16.8 Å². The number of carbonyl (C=O) groups is 1. The van der Waals surface area contributed by atoms with Crippen molar-refractivity contribution in [1.29, 1.82) is 0 Å². The van der Waals surface area contributed by atoms with E-state index in [1.165, 1.54) is 6.26 Å². The maximum absolute atomic E-state index is 12.4. The van der Waals surface area contributed by atoms with E-state index in [-0.39, 0.29) is 11.9 Å². The molecule has 0 aliphatic carbocycles. The highest BCUT2D eigenvalue weighted by atomic mass is 16.3. The van der Waals surface area contributed by atoms with Crippen molar-refractivity contribution in [1.82, 2.24) is 4.90 Å². The number of nitrogens with zero attached hydrogens (tertiary/aromatic N) is 1. The van der Waals surface area contributed by atoms with Gasteiger partial charge in [0.1, 0.15) is 0 Å².